The lowest BCUT2D eigenvalue weighted by atomic mass is 10.1. The van der Waals surface area contributed by atoms with Crippen molar-refractivity contribution in [3.8, 4) is 0 Å². The predicted molar refractivity (Wildman–Crippen MR) is 85.3 cm³/mol. The molecule has 2 rings (SSSR count). The second-order valence-corrected chi connectivity index (χ2v) is 6.00. The largest absolute Gasteiger partial charge is 0.325 e. The van der Waals surface area contributed by atoms with Crippen molar-refractivity contribution in [2.45, 2.75) is 26.7 Å². The number of nitrogens with one attached hydrogen (secondary N) is 2. The molecule has 0 saturated heterocycles. The van der Waals surface area contributed by atoms with Gasteiger partial charge in [0.25, 0.3) is 0 Å². The van der Waals surface area contributed by atoms with E-state index < -0.39 is 0 Å². The SMILES string of the molecule is CC(=O)c1cccc(NC(=O)Nc2ncc(C(C)C)s2)c1. The van der Waals surface area contributed by atoms with Gasteiger partial charge in [-0.1, -0.05) is 26.0 Å². The Kier molecular flexibility index (Phi) is 4.70. The molecule has 21 heavy (non-hydrogen) atoms. The second kappa shape index (κ2) is 6.49. The molecular formula is C15H17N3O2S. The van der Waals surface area contributed by atoms with Crippen molar-refractivity contribution >= 4 is 34.0 Å². The average molecular weight is 303 g/mol. The summed E-state index contributed by atoms with van der Waals surface area (Å²) in [4.78, 5) is 28.5. The Hall–Kier alpha value is -2.21. The zero-order valence-electron chi connectivity index (χ0n) is 12.1. The zero-order chi connectivity index (χ0) is 15.4. The van der Waals surface area contributed by atoms with Crippen LogP contribution >= 0.6 is 11.3 Å². The molecule has 0 aliphatic carbocycles. The van der Waals surface area contributed by atoms with Crippen LogP contribution in [0, 0.1) is 0 Å². The van der Waals surface area contributed by atoms with Crippen LogP contribution in [0.3, 0.4) is 0 Å². The maximum atomic E-state index is 11.9. The Labute approximate surface area is 127 Å². The maximum absolute atomic E-state index is 11.9. The molecule has 0 atom stereocenters. The molecule has 0 bridgehead atoms. The van der Waals surface area contributed by atoms with Crippen molar-refractivity contribution in [1.29, 1.82) is 0 Å². The standard InChI is InChI=1S/C15H17N3O2S/c1-9(2)13-8-16-15(21-13)18-14(20)17-12-6-4-5-11(7-12)10(3)19/h4-9H,1-3H3,(H2,16,17,18,20). The molecule has 1 aromatic carbocycles. The minimum atomic E-state index is -0.375. The van der Waals surface area contributed by atoms with Gasteiger partial charge in [-0.2, -0.15) is 0 Å². The van der Waals surface area contributed by atoms with E-state index >= 15 is 0 Å². The average Bonchev–Trinajstić information content (AvgIpc) is 2.87. The second-order valence-electron chi connectivity index (χ2n) is 4.94. The van der Waals surface area contributed by atoms with E-state index in [1.54, 1.807) is 30.5 Å². The first kappa shape index (κ1) is 15.2. The summed E-state index contributed by atoms with van der Waals surface area (Å²) in [6, 6.07) is 6.44. The highest BCUT2D eigenvalue weighted by Gasteiger charge is 2.09. The fourth-order valence-electron chi connectivity index (χ4n) is 1.69. The molecule has 110 valence electrons. The summed E-state index contributed by atoms with van der Waals surface area (Å²) in [5.74, 6) is 0.342. The van der Waals surface area contributed by atoms with Gasteiger partial charge >= 0.3 is 6.03 Å². The number of nitrogens with zero attached hydrogens (tertiary/aromatic N) is 1. The summed E-state index contributed by atoms with van der Waals surface area (Å²) < 4.78 is 0. The van der Waals surface area contributed by atoms with Gasteiger partial charge in [-0.3, -0.25) is 10.1 Å². The van der Waals surface area contributed by atoms with Crippen LogP contribution in [-0.2, 0) is 0 Å². The Bertz CT molecular complexity index is 664. The minimum Gasteiger partial charge on any atom is -0.308 e. The van der Waals surface area contributed by atoms with Gasteiger partial charge in [0.1, 0.15) is 0 Å². The first-order valence-corrected chi connectivity index (χ1v) is 7.42. The van der Waals surface area contributed by atoms with E-state index in [1.807, 2.05) is 0 Å². The summed E-state index contributed by atoms with van der Waals surface area (Å²) in [7, 11) is 0. The smallest absolute Gasteiger partial charge is 0.308 e. The highest BCUT2D eigenvalue weighted by Crippen LogP contribution is 2.25. The van der Waals surface area contributed by atoms with Crippen LogP contribution in [0.15, 0.2) is 30.5 Å². The zero-order valence-corrected chi connectivity index (χ0v) is 13.0. The Morgan fingerprint density at radius 2 is 2.00 bits per heavy atom. The van der Waals surface area contributed by atoms with Crippen molar-refractivity contribution in [2.24, 2.45) is 0 Å². The van der Waals surface area contributed by atoms with Crippen molar-refractivity contribution in [2.75, 3.05) is 10.6 Å². The fraction of sp³-hybridized carbons (Fsp3) is 0.267. The number of Topliss-reactive ketones (excluding diaryl/α,β-unsaturated/α-hetero) is 1. The summed E-state index contributed by atoms with van der Waals surface area (Å²) in [5, 5.41) is 5.93. The van der Waals surface area contributed by atoms with E-state index in [9.17, 15) is 9.59 Å². The molecule has 0 saturated carbocycles. The third-order valence-electron chi connectivity index (χ3n) is 2.84. The van der Waals surface area contributed by atoms with Crippen molar-refractivity contribution in [3.63, 3.8) is 0 Å². The highest BCUT2D eigenvalue weighted by molar-refractivity contribution is 7.15. The summed E-state index contributed by atoms with van der Waals surface area (Å²) in [6.45, 7) is 5.64. The van der Waals surface area contributed by atoms with Gasteiger partial charge in [-0.05, 0) is 25.0 Å². The minimum absolute atomic E-state index is 0.0412. The molecule has 0 aliphatic rings. The molecular weight excluding hydrogens is 286 g/mol. The lowest BCUT2D eigenvalue weighted by Crippen LogP contribution is -2.19. The Morgan fingerprint density at radius 1 is 1.24 bits per heavy atom. The fourth-order valence-corrected chi connectivity index (χ4v) is 2.50. The number of thiazole rings is 1. The lowest BCUT2D eigenvalue weighted by Gasteiger charge is -2.06. The van der Waals surface area contributed by atoms with Gasteiger partial charge < -0.3 is 5.32 Å². The van der Waals surface area contributed by atoms with Crippen LogP contribution in [0.5, 0.6) is 0 Å². The molecule has 6 heteroatoms. The van der Waals surface area contributed by atoms with Crippen molar-refractivity contribution < 1.29 is 9.59 Å². The van der Waals surface area contributed by atoms with Crippen molar-refractivity contribution in [1.82, 2.24) is 4.98 Å². The molecule has 0 fully saturated rings. The molecule has 1 heterocycles. The monoisotopic (exact) mass is 303 g/mol. The van der Waals surface area contributed by atoms with Gasteiger partial charge in [-0.25, -0.2) is 9.78 Å². The molecule has 0 unspecified atom stereocenters. The molecule has 0 aliphatic heterocycles. The third kappa shape index (κ3) is 4.13. The molecule has 2 N–H and O–H groups in total. The third-order valence-corrected chi connectivity index (χ3v) is 4.05. The Balaban J connectivity index is 2.01. The van der Waals surface area contributed by atoms with E-state index in [4.69, 9.17) is 0 Å². The van der Waals surface area contributed by atoms with Gasteiger partial charge in [0.05, 0.1) is 0 Å². The summed E-state index contributed by atoms with van der Waals surface area (Å²) >= 11 is 1.45. The van der Waals surface area contributed by atoms with E-state index in [2.05, 4.69) is 29.5 Å². The number of aromatic nitrogens is 1. The summed E-state index contributed by atoms with van der Waals surface area (Å²) in [5.41, 5.74) is 1.13. The number of anilines is 2. The number of hydrogen-bond donors (Lipinski definition) is 2. The van der Waals surface area contributed by atoms with Gasteiger partial charge in [0.15, 0.2) is 10.9 Å². The molecule has 0 spiro atoms. The number of carbonyl (C=O) groups is 2. The predicted octanol–water partition coefficient (Wildman–Crippen LogP) is 4.11. The lowest BCUT2D eigenvalue weighted by molar-refractivity contribution is 0.101. The quantitative estimate of drug-likeness (QED) is 0.835. The number of carbonyl (C=O) groups excluding carboxylic acids is 2. The highest BCUT2D eigenvalue weighted by atomic mass is 32.1. The number of rotatable bonds is 4. The molecule has 0 radical (unpaired) electrons. The number of amides is 2. The first-order chi connectivity index (χ1) is 9.95. The first-order valence-electron chi connectivity index (χ1n) is 6.60. The van der Waals surface area contributed by atoms with E-state index in [0.29, 0.717) is 22.3 Å². The maximum Gasteiger partial charge on any atom is 0.325 e. The van der Waals surface area contributed by atoms with E-state index in [1.165, 1.54) is 18.3 Å². The van der Waals surface area contributed by atoms with Gasteiger partial charge in [-0.15, -0.1) is 11.3 Å². The molecule has 1 aromatic heterocycles. The van der Waals surface area contributed by atoms with Crippen LogP contribution in [0.2, 0.25) is 0 Å². The topological polar surface area (TPSA) is 71.1 Å². The Morgan fingerprint density at radius 3 is 2.62 bits per heavy atom. The van der Waals surface area contributed by atoms with Crippen LogP contribution in [0.4, 0.5) is 15.6 Å². The normalized spacial score (nSPS) is 10.5. The van der Waals surface area contributed by atoms with Crippen molar-refractivity contribution in [3.05, 3.63) is 40.9 Å². The number of urea groups is 1. The van der Waals surface area contributed by atoms with Gasteiger partial charge in [0.2, 0.25) is 0 Å². The van der Waals surface area contributed by atoms with Gasteiger partial charge in [0, 0.05) is 22.3 Å². The number of benzene rings is 1. The molecule has 5 nitrogen and oxygen atoms in total. The molecule has 2 aromatic rings. The van der Waals surface area contributed by atoms with E-state index in [-0.39, 0.29) is 11.8 Å². The van der Waals surface area contributed by atoms with Crippen LogP contribution < -0.4 is 10.6 Å². The molecule has 2 amide bonds. The summed E-state index contributed by atoms with van der Waals surface area (Å²) in [6.07, 6.45) is 1.77. The number of hydrogen-bond acceptors (Lipinski definition) is 4. The van der Waals surface area contributed by atoms with E-state index in [0.717, 1.165) is 4.88 Å². The van der Waals surface area contributed by atoms with Crippen LogP contribution in [-0.4, -0.2) is 16.8 Å². The number of ketones is 1. The van der Waals surface area contributed by atoms with Crippen LogP contribution in [0.1, 0.15) is 41.9 Å². The van der Waals surface area contributed by atoms with Crippen LogP contribution in [0.25, 0.3) is 0 Å².